The fraction of sp³-hybridized carbons (Fsp3) is 0.588. The Morgan fingerprint density at radius 2 is 2.04 bits per heavy atom. The highest BCUT2D eigenvalue weighted by molar-refractivity contribution is 6.34. The molecule has 3 rings (SSSR count). The number of fused-ring (bicyclic) bond motifs is 2. The molecule has 2 unspecified atom stereocenters. The fourth-order valence-electron chi connectivity index (χ4n) is 3.62. The number of nitrogens with zero attached hydrogens (tertiary/aromatic N) is 1. The summed E-state index contributed by atoms with van der Waals surface area (Å²) in [6.45, 7) is 6.37. The summed E-state index contributed by atoms with van der Waals surface area (Å²) >= 11 is 6.26. The molecule has 1 amide bonds. The number of aryl methyl sites for hydroxylation is 2. The summed E-state index contributed by atoms with van der Waals surface area (Å²) in [6, 6.07) is 5.12. The minimum Gasteiger partial charge on any atom is -0.323 e. The van der Waals surface area contributed by atoms with E-state index in [-0.39, 0.29) is 18.3 Å². The lowest BCUT2D eigenvalue weighted by Crippen LogP contribution is -2.39. The van der Waals surface area contributed by atoms with E-state index in [2.05, 4.69) is 15.5 Å². The van der Waals surface area contributed by atoms with Gasteiger partial charge in [0.1, 0.15) is 0 Å². The second-order valence-corrected chi connectivity index (χ2v) is 7.06. The lowest BCUT2D eigenvalue weighted by Gasteiger charge is -2.23. The van der Waals surface area contributed by atoms with Gasteiger partial charge >= 0.3 is 0 Å². The average Bonchev–Trinajstić information content (AvgIpc) is 2.77. The molecule has 2 atom stereocenters. The quantitative estimate of drug-likeness (QED) is 0.873. The van der Waals surface area contributed by atoms with Crippen molar-refractivity contribution in [3.63, 3.8) is 0 Å². The van der Waals surface area contributed by atoms with E-state index in [0.717, 1.165) is 36.3 Å². The molecule has 2 heterocycles. The van der Waals surface area contributed by atoms with E-state index in [9.17, 15) is 4.79 Å². The number of carbonyl (C=O) groups is 1. The normalized spacial score (nSPS) is 24.0. The van der Waals surface area contributed by atoms with Crippen LogP contribution in [0.5, 0.6) is 0 Å². The topological polar surface area (TPSA) is 44.4 Å². The summed E-state index contributed by atoms with van der Waals surface area (Å²) in [6.07, 6.45) is 3.64. The van der Waals surface area contributed by atoms with Gasteiger partial charge in [0, 0.05) is 25.2 Å². The SMILES string of the molecule is Cc1cc(C)c(NC(=O)CN2CCC3CCC(C2)N3)c(Cl)c1.Cl. The van der Waals surface area contributed by atoms with Gasteiger partial charge in [-0.05, 0) is 50.3 Å². The average molecular weight is 358 g/mol. The molecular weight excluding hydrogens is 333 g/mol. The lowest BCUT2D eigenvalue weighted by molar-refractivity contribution is -0.117. The Morgan fingerprint density at radius 3 is 2.78 bits per heavy atom. The number of likely N-dealkylation sites (tertiary alicyclic amines) is 1. The van der Waals surface area contributed by atoms with Gasteiger partial charge in [-0.15, -0.1) is 12.4 Å². The first-order valence-electron chi connectivity index (χ1n) is 8.06. The van der Waals surface area contributed by atoms with Crippen LogP contribution in [0.2, 0.25) is 5.02 Å². The molecule has 2 saturated heterocycles. The van der Waals surface area contributed by atoms with E-state index in [1.165, 1.54) is 12.8 Å². The maximum absolute atomic E-state index is 12.4. The van der Waals surface area contributed by atoms with Crippen molar-refractivity contribution in [2.45, 2.75) is 45.2 Å². The van der Waals surface area contributed by atoms with Crippen molar-refractivity contribution >= 4 is 35.6 Å². The molecule has 1 aromatic carbocycles. The molecule has 128 valence electrons. The fourth-order valence-corrected chi connectivity index (χ4v) is 3.98. The molecule has 6 heteroatoms. The Hall–Kier alpha value is -0.810. The maximum Gasteiger partial charge on any atom is 0.238 e. The number of carbonyl (C=O) groups excluding carboxylic acids is 1. The Kier molecular flexibility index (Phi) is 6.32. The van der Waals surface area contributed by atoms with Crippen LogP contribution in [0.15, 0.2) is 12.1 Å². The highest BCUT2D eigenvalue weighted by Crippen LogP contribution is 2.27. The van der Waals surface area contributed by atoms with Gasteiger partial charge in [0.15, 0.2) is 0 Å². The van der Waals surface area contributed by atoms with Crippen molar-refractivity contribution < 1.29 is 4.79 Å². The van der Waals surface area contributed by atoms with Gasteiger partial charge in [0.2, 0.25) is 5.91 Å². The monoisotopic (exact) mass is 357 g/mol. The molecule has 0 spiro atoms. The maximum atomic E-state index is 12.4. The van der Waals surface area contributed by atoms with Crippen LogP contribution in [-0.4, -0.2) is 42.5 Å². The Morgan fingerprint density at radius 1 is 1.30 bits per heavy atom. The number of nitrogens with one attached hydrogen (secondary N) is 2. The largest absolute Gasteiger partial charge is 0.323 e. The van der Waals surface area contributed by atoms with E-state index < -0.39 is 0 Å². The van der Waals surface area contributed by atoms with Gasteiger partial charge < -0.3 is 10.6 Å². The smallest absolute Gasteiger partial charge is 0.238 e. The summed E-state index contributed by atoms with van der Waals surface area (Å²) in [7, 11) is 0. The van der Waals surface area contributed by atoms with Crippen LogP contribution >= 0.6 is 24.0 Å². The van der Waals surface area contributed by atoms with Gasteiger partial charge in [0.25, 0.3) is 0 Å². The Labute approximate surface area is 149 Å². The van der Waals surface area contributed by atoms with Crippen molar-refractivity contribution in [2.24, 2.45) is 0 Å². The number of rotatable bonds is 3. The number of hydrogen-bond donors (Lipinski definition) is 2. The number of halogens is 2. The first-order valence-corrected chi connectivity index (χ1v) is 8.44. The zero-order chi connectivity index (χ0) is 15.7. The predicted molar refractivity (Wildman–Crippen MR) is 97.8 cm³/mol. The minimum absolute atomic E-state index is 0. The van der Waals surface area contributed by atoms with Crippen molar-refractivity contribution in [3.05, 3.63) is 28.3 Å². The van der Waals surface area contributed by atoms with Crippen molar-refractivity contribution in [2.75, 3.05) is 25.0 Å². The third-order valence-electron chi connectivity index (χ3n) is 4.67. The Bertz CT molecular complexity index is 556. The van der Waals surface area contributed by atoms with Gasteiger partial charge in [-0.3, -0.25) is 9.69 Å². The number of benzene rings is 1. The zero-order valence-electron chi connectivity index (χ0n) is 13.7. The van der Waals surface area contributed by atoms with Crippen LogP contribution in [0, 0.1) is 13.8 Å². The van der Waals surface area contributed by atoms with E-state index in [4.69, 9.17) is 11.6 Å². The predicted octanol–water partition coefficient (Wildman–Crippen LogP) is 3.14. The lowest BCUT2D eigenvalue weighted by atomic mass is 10.1. The van der Waals surface area contributed by atoms with E-state index in [1.807, 2.05) is 26.0 Å². The summed E-state index contributed by atoms with van der Waals surface area (Å²) in [4.78, 5) is 14.6. The molecule has 2 N–H and O–H groups in total. The highest BCUT2D eigenvalue weighted by atomic mass is 35.5. The minimum atomic E-state index is 0. The third-order valence-corrected chi connectivity index (χ3v) is 4.97. The molecule has 1 aromatic rings. The van der Waals surface area contributed by atoms with E-state index >= 15 is 0 Å². The summed E-state index contributed by atoms with van der Waals surface area (Å²) in [5.41, 5.74) is 2.86. The van der Waals surface area contributed by atoms with Gasteiger partial charge in [-0.25, -0.2) is 0 Å². The first kappa shape index (κ1) is 18.5. The number of anilines is 1. The van der Waals surface area contributed by atoms with Crippen molar-refractivity contribution in [1.29, 1.82) is 0 Å². The molecule has 2 aliphatic heterocycles. The molecule has 0 radical (unpaired) electrons. The van der Waals surface area contributed by atoms with Gasteiger partial charge in [-0.1, -0.05) is 17.7 Å². The third kappa shape index (κ3) is 4.60. The van der Waals surface area contributed by atoms with E-state index in [0.29, 0.717) is 23.7 Å². The van der Waals surface area contributed by atoms with Crippen molar-refractivity contribution in [3.8, 4) is 0 Å². The van der Waals surface area contributed by atoms with Gasteiger partial charge in [-0.2, -0.15) is 0 Å². The molecule has 4 nitrogen and oxygen atoms in total. The summed E-state index contributed by atoms with van der Waals surface area (Å²) in [5, 5.41) is 7.23. The van der Waals surface area contributed by atoms with Crippen LogP contribution in [0.1, 0.15) is 30.4 Å². The molecule has 0 aromatic heterocycles. The molecule has 23 heavy (non-hydrogen) atoms. The van der Waals surface area contributed by atoms with Crippen LogP contribution in [0.4, 0.5) is 5.69 Å². The van der Waals surface area contributed by atoms with Gasteiger partial charge in [0.05, 0.1) is 17.3 Å². The summed E-state index contributed by atoms with van der Waals surface area (Å²) in [5.74, 6) is 0.0200. The second kappa shape index (κ2) is 7.84. The van der Waals surface area contributed by atoms with E-state index in [1.54, 1.807) is 0 Å². The van der Waals surface area contributed by atoms with Crippen LogP contribution in [-0.2, 0) is 4.79 Å². The number of hydrogen-bond acceptors (Lipinski definition) is 3. The molecule has 0 aliphatic carbocycles. The molecule has 2 bridgehead atoms. The van der Waals surface area contributed by atoms with Crippen LogP contribution < -0.4 is 10.6 Å². The second-order valence-electron chi connectivity index (χ2n) is 6.65. The number of amides is 1. The molecular formula is C17H25Cl2N3O. The van der Waals surface area contributed by atoms with Crippen molar-refractivity contribution in [1.82, 2.24) is 10.2 Å². The van der Waals surface area contributed by atoms with Crippen LogP contribution in [0.3, 0.4) is 0 Å². The molecule has 0 saturated carbocycles. The molecule has 2 aliphatic rings. The molecule has 2 fully saturated rings. The Balaban J connectivity index is 0.00000192. The standard InChI is InChI=1S/C17H24ClN3O.ClH/c1-11-7-12(2)17(15(18)8-11)20-16(22)10-21-6-5-13-3-4-14(9-21)19-13;/h7-8,13-14,19H,3-6,9-10H2,1-2H3,(H,20,22);1H. The van der Waals surface area contributed by atoms with Crippen LogP contribution in [0.25, 0.3) is 0 Å². The first-order chi connectivity index (χ1) is 10.5. The highest BCUT2D eigenvalue weighted by Gasteiger charge is 2.29. The summed E-state index contributed by atoms with van der Waals surface area (Å²) < 4.78 is 0. The zero-order valence-corrected chi connectivity index (χ0v) is 15.3.